The number of aromatic amines is 1. The number of benzene rings is 2. The quantitative estimate of drug-likeness (QED) is 0.511. The van der Waals surface area contributed by atoms with Gasteiger partial charge in [0.1, 0.15) is 18.2 Å². The van der Waals surface area contributed by atoms with E-state index in [4.69, 9.17) is 9.47 Å². The lowest BCUT2D eigenvalue weighted by Crippen LogP contribution is -2.08. The molecule has 1 N–H and O–H groups in total. The zero-order valence-electron chi connectivity index (χ0n) is 15.1. The van der Waals surface area contributed by atoms with Crippen molar-refractivity contribution in [2.24, 2.45) is 0 Å². The third-order valence-corrected chi connectivity index (χ3v) is 4.57. The van der Waals surface area contributed by atoms with Crippen molar-refractivity contribution in [1.82, 2.24) is 15.2 Å². The van der Waals surface area contributed by atoms with Gasteiger partial charge in [-0.15, -0.1) is 0 Å². The molecule has 2 aromatic heterocycles. The minimum absolute atomic E-state index is 0.00667. The number of aromatic nitrogens is 3. The van der Waals surface area contributed by atoms with Gasteiger partial charge in [0.2, 0.25) is 0 Å². The summed E-state index contributed by atoms with van der Waals surface area (Å²) < 4.78 is 55.6. The highest BCUT2D eigenvalue weighted by Crippen LogP contribution is 2.41. The summed E-state index contributed by atoms with van der Waals surface area (Å²) in [5.41, 5.74) is 0.252. The molecule has 4 aromatic rings. The summed E-state index contributed by atoms with van der Waals surface area (Å²) in [4.78, 5) is 4.32. The smallest absolute Gasteiger partial charge is 0.174 e. The number of rotatable bonds is 5. The number of halogens is 3. The Morgan fingerprint density at radius 3 is 2.57 bits per heavy atom. The Morgan fingerprint density at radius 1 is 1.04 bits per heavy atom. The Morgan fingerprint density at radius 2 is 1.82 bits per heavy atom. The fourth-order valence-corrected chi connectivity index (χ4v) is 3.22. The molecule has 144 valence electrons. The van der Waals surface area contributed by atoms with Gasteiger partial charge in [0.25, 0.3) is 0 Å². The van der Waals surface area contributed by atoms with Gasteiger partial charge in [-0.2, -0.15) is 5.10 Å². The van der Waals surface area contributed by atoms with Crippen LogP contribution in [0.25, 0.3) is 33.1 Å². The van der Waals surface area contributed by atoms with E-state index in [1.807, 2.05) is 0 Å². The van der Waals surface area contributed by atoms with Crippen molar-refractivity contribution in [3.63, 3.8) is 0 Å². The van der Waals surface area contributed by atoms with Gasteiger partial charge in [-0.1, -0.05) is 12.1 Å². The van der Waals surface area contributed by atoms with Gasteiger partial charge in [0, 0.05) is 34.4 Å². The summed E-state index contributed by atoms with van der Waals surface area (Å²) in [5, 5.41) is 6.62. The van der Waals surface area contributed by atoms with E-state index in [0.717, 1.165) is 0 Å². The van der Waals surface area contributed by atoms with Crippen LogP contribution in [-0.2, 0) is 4.74 Å². The third-order valence-electron chi connectivity index (χ3n) is 4.57. The number of hydrogen-bond donors (Lipinski definition) is 1. The van der Waals surface area contributed by atoms with Crippen LogP contribution in [0.2, 0.25) is 0 Å². The van der Waals surface area contributed by atoms with Crippen LogP contribution >= 0.6 is 0 Å². The van der Waals surface area contributed by atoms with Gasteiger partial charge < -0.3 is 9.47 Å². The Bertz CT molecular complexity index is 1190. The third kappa shape index (κ3) is 2.77. The van der Waals surface area contributed by atoms with E-state index in [1.54, 1.807) is 6.07 Å². The Labute approximate surface area is 158 Å². The molecular weight excluding hydrogens is 371 g/mol. The van der Waals surface area contributed by atoms with Crippen LogP contribution in [0.15, 0.2) is 30.5 Å². The molecule has 4 rings (SSSR count). The molecule has 0 aliphatic heterocycles. The lowest BCUT2D eigenvalue weighted by molar-refractivity contribution is 0.143. The molecule has 8 heteroatoms. The molecule has 2 heterocycles. The number of pyridine rings is 1. The largest absolute Gasteiger partial charge is 0.488 e. The van der Waals surface area contributed by atoms with Gasteiger partial charge >= 0.3 is 0 Å². The molecule has 0 unspecified atom stereocenters. The molecular formula is C20H16F3N3O2. The summed E-state index contributed by atoms with van der Waals surface area (Å²) in [6.07, 6.45) is 1.35. The zero-order chi connectivity index (χ0) is 19.8. The van der Waals surface area contributed by atoms with E-state index in [0.29, 0.717) is 0 Å². The van der Waals surface area contributed by atoms with E-state index < -0.39 is 17.5 Å². The Hall–Kier alpha value is -3.13. The van der Waals surface area contributed by atoms with Crippen molar-refractivity contribution >= 4 is 21.8 Å². The molecule has 0 spiro atoms. The van der Waals surface area contributed by atoms with Crippen molar-refractivity contribution in [2.45, 2.75) is 6.92 Å². The van der Waals surface area contributed by atoms with E-state index in [2.05, 4.69) is 15.2 Å². The maximum atomic E-state index is 15.4. The first-order valence-electron chi connectivity index (χ1n) is 8.55. The topological polar surface area (TPSA) is 60.0 Å². The average molecular weight is 387 g/mol. The van der Waals surface area contributed by atoms with Gasteiger partial charge in [-0.3, -0.25) is 5.10 Å². The van der Waals surface area contributed by atoms with Gasteiger partial charge in [0.05, 0.1) is 18.5 Å². The van der Waals surface area contributed by atoms with Gasteiger partial charge in [-0.05, 0) is 19.1 Å². The van der Waals surface area contributed by atoms with Crippen LogP contribution in [0, 0.1) is 24.4 Å². The van der Waals surface area contributed by atoms with Crippen LogP contribution < -0.4 is 4.74 Å². The maximum Gasteiger partial charge on any atom is 0.174 e. The number of methoxy groups -OCH3 is 1. The second kappa shape index (κ2) is 7.12. The SMILES string of the molecule is COCCOc1c(C)c(F)c2c(-c3ccccc3F)nc3[nH]ncc3c2c1F. The van der Waals surface area contributed by atoms with Crippen LogP contribution in [0.3, 0.4) is 0 Å². The molecule has 28 heavy (non-hydrogen) atoms. The second-order valence-electron chi connectivity index (χ2n) is 6.25. The van der Waals surface area contributed by atoms with Crippen LogP contribution in [0.5, 0.6) is 5.75 Å². The number of hydrogen-bond acceptors (Lipinski definition) is 4. The number of ether oxygens (including phenoxy) is 2. The lowest BCUT2D eigenvalue weighted by Gasteiger charge is -2.16. The molecule has 0 radical (unpaired) electrons. The Balaban J connectivity index is 2.11. The summed E-state index contributed by atoms with van der Waals surface area (Å²) in [7, 11) is 1.48. The monoisotopic (exact) mass is 387 g/mol. The lowest BCUT2D eigenvalue weighted by atomic mass is 9.98. The molecule has 0 bridgehead atoms. The molecule has 0 amide bonds. The average Bonchev–Trinajstić information content (AvgIpc) is 3.16. The van der Waals surface area contributed by atoms with Crippen LogP contribution in [-0.4, -0.2) is 35.5 Å². The van der Waals surface area contributed by atoms with E-state index in [1.165, 1.54) is 38.4 Å². The molecule has 0 atom stereocenters. The summed E-state index contributed by atoms with van der Waals surface area (Å²) >= 11 is 0. The summed E-state index contributed by atoms with van der Waals surface area (Å²) in [6.45, 7) is 1.68. The molecule has 0 aliphatic rings. The van der Waals surface area contributed by atoms with Gasteiger partial charge in [-0.25, -0.2) is 18.2 Å². The second-order valence-corrected chi connectivity index (χ2v) is 6.25. The highest BCUT2D eigenvalue weighted by Gasteiger charge is 2.25. The van der Waals surface area contributed by atoms with E-state index in [9.17, 15) is 4.39 Å². The molecule has 2 aromatic carbocycles. The first-order valence-corrected chi connectivity index (χ1v) is 8.55. The number of fused-ring (bicyclic) bond motifs is 3. The van der Waals surface area contributed by atoms with Gasteiger partial charge in [0.15, 0.2) is 17.2 Å². The van der Waals surface area contributed by atoms with Crippen LogP contribution in [0.1, 0.15) is 5.56 Å². The van der Waals surface area contributed by atoms with Crippen LogP contribution in [0.4, 0.5) is 13.2 Å². The Kier molecular flexibility index (Phi) is 4.64. The highest BCUT2D eigenvalue weighted by molar-refractivity contribution is 6.11. The molecule has 0 saturated heterocycles. The fraction of sp³-hybridized carbons (Fsp3) is 0.200. The minimum atomic E-state index is -0.753. The first-order chi connectivity index (χ1) is 13.5. The predicted octanol–water partition coefficient (Wildman–Crippen LogP) is 4.53. The molecule has 0 fully saturated rings. The van der Waals surface area contributed by atoms with E-state index >= 15 is 8.78 Å². The molecule has 0 saturated carbocycles. The van der Waals surface area contributed by atoms with Crippen molar-refractivity contribution in [1.29, 1.82) is 0 Å². The van der Waals surface area contributed by atoms with Crippen molar-refractivity contribution in [3.05, 3.63) is 53.5 Å². The normalized spacial score (nSPS) is 11.5. The fourth-order valence-electron chi connectivity index (χ4n) is 3.22. The minimum Gasteiger partial charge on any atom is -0.488 e. The van der Waals surface area contributed by atoms with Crippen molar-refractivity contribution in [3.8, 4) is 17.0 Å². The molecule has 0 aliphatic carbocycles. The summed E-state index contributed by atoms with van der Waals surface area (Å²) in [6, 6.07) is 5.82. The number of H-pyrrole nitrogens is 1. The first kappa shape index (κ1) is 18.2. The predicted molar refractivity (Wildman–Crippen MR) is 98.8 cm³/mol. The number of nitrogens with one attached hydrogen (secondary N) is 1. The number of nitrogens with zero attached hydrogens (tertiary/aromatic N) is 2. The zero-order valence-corrected chi connectivity index (χ0v) is 15.1. The maximum absolute atomic E-state index is 15.4. The molecule has 5 nitrogen and oxygen atoms in total. The van der Waals surface area contributed by atoms with E-state index in [-0.39, 0.29) is 57.6 Å². The standard InChI is InChI=1S/C20H16F3N3O2/c1-10-16(22)15-14(17(23)19(10)28-8-7-27-2)12-9-24-26-20(12)25-18(15)11-5-3-4-6-13(11)21/h3-6,9H,7-8H2,1-2H3,(H,24,25,26). The highest BCUT2D eigenvalue weighted by atomic mass is 19.1. The summed E-state index contributed by atoms with van der Waals surface area (Å²) in [5.74, 6) is -2.28. The van der Waals surface area contributed by atoms with Crippen molar-refractivity contribution in [2.75, 3.05) is 20.3 Å². The van der Waals surface area contributed by atoms with Crippen molar-refractivity contribution < 1.29 is 22.6 Å².